The van der Waals surface area contributed by atoms with Crippen LogP contribution in [0.5, 0.6) is 0 Å². The molecule has 0 saturated heterocycles. The standard InChI is InChI=1S/C28H49NO3Si/c1-8-9-10-11-12-13-14-23-15-16-24-18-26(19-25(24)17-23)28(20-30,29-22(2)31)21-32-33(6,7)27(3,4)5/h15-17,26,30H,8-14,18-21H2,1-7H3,(H,29,31). The highest BCUT2D eigenvalue weighted by Gasteiger charge is 2.46. The van der Waals surface area contributed by atoms with E-state index < -0.39 is 13.9 Å². The topological polar surface area (TPSA) is 58.6 Å². The molecule has 0 saturated carbocycles. The Bertz CT molecular complexity index is 771. The van der Waals surface area contributed by atoms with Gasteiger partial charge in [-0.05, 0) is 66.4 Å². The molecule has 5 heteroatoms. The molecule has 0 aromatic heterocycles. The number of aryl methyl sites for hydroxylation is 1. The highest BCUT2D eigenvalue weighted by atomic mass is 28.4. The minimum absolute atomic E-state index is 0.0779. The van der Waals surface area contributed by atoms with Gasteiger partial charge in [0, 0.05) is 6.92 Å². The van der Waals surface area contributed by atoms with E-state index in [1.165, 1.54) is 62.1 Å². The molecular formula is C28H49NO3Si. The molecule has 2 atom stereocenters. The van der Waals surface area contributed by atoms with E-state index in [9.17, 15) is 9.90 Å². The smallest absolute Gasteiger partial charge is 0.217 e. The predicted molar refractivity (Wildman–Crippen MR) is 141 cm³/mol. The molecule has 1 aromatic rings. The first-order valence-electron chi connectivity index (χ1n) is 13.1. The van der Waals surface area contributed by atoms with Gasteiger partial charge < -0.3 is 14.8 Å². The van der Waals surface area contributed by atoms with E-state index in [-0.39, 0.29) is 23.5 Å². The summed E-state index contributed by atoms with van der Waals surface area (Å²) in [5, 5.41) is 13.7. The monoisotopic (exact) mass is 475 g/mol. The number of aliphatic hydroxyl groups excluding tert-OH is 1. The summed E-state index contributed by atoms with van der Waals surface area (Å²) < 4.78 is 6.54. The molecule has 2 N–H and O–H groups in total. The van der Waals surface area contributed by atoms with Crippen molar-refractivity contribution in [1.82, 2.24) is 5.32 Å². The number of hydrogen-bond donors (Lipinski definition) is 2. The van der Waals surface area contributed by atoms with Crippen molar-refractivity contribution in [3.63, 3.8) is 0 Å². The molecule has 1 aliphatic carbocycles. The largest absolute Gasteiger partial charge is 0.414 e. The molecule has 33 heavy (non-hydrogen) atoms. The van der Waals surface area contributed by atoms with Gasteiger partial charge in [-0.1, -0.05) is 78.0 Å². The van der Waals surface area contributed by atoms with Crippen LogP contribution in [-0.4, -0.2) is 38.1 Å². The Kier molecular flexibility index (Phi) is 10.2. The Morgan fingerprint density at radius 1 is 1.09 bits per heavy atom. The van der Waals surface area contributed by atoms with Crippen molar-refractivity contribution in [2.24, 2.45) is 5.92 Å². The van der Waals surface area contributed by atoms with Crippen molar-refractivity contribution >= 4 is 14.2 Å². The summed E-state index contributed by atoms with van der Waals surface area (Å²) >= 11 is 0. The Hall–Kier alpha value is -1.17. The molecular weight excluding hydrogens is 426 g/mol. The molecule has 0 spiro atoms. The first kappa shape index (κ1) is 28.1. The maximum Gasteiger partial charge on any atom is 0.217 e. The zero-order valence-electron chi connectivity index (χ0n) is 22.4. The average Bonchev–Trinajstić information content (AvgIpc) is 3.16. The third-order valence-corrected chi connectivity index (χ3v) is 12.5. The van der Waals surface area contributed by atoms with E-state index in [1.807, 2.05) is 0 Å². The van der Waals surface area contributed by atoms with Gasteiger partial charge in [-0.2, -0.15) is 0 Å². The molecule has 0 bridgehead atoms. The molecule has 1 aliphatic rings. The van der Waals surface area contributed by atoms with Crippen LogP contribution in [-0.2, 0) is 28.5 Å². The van der Waals surface area contributed by atoms with E-state index in [2.05, 4.69) is 64.3 Å². The molecule has 0 radical (unpaired) electrons. The number of carbonyl (C=O) groups excluding carboxylic acids is 1. The molecule has 1 amide bonds. The number of hydrogen-bond acceptors (Lipinski definition) is 3. The molecule has 0 fully saturated rings. The quantitative estimate of drug-likeness (QED) is 0.264. The van der Waals surface area contributed by atoms with E-state index in [0.717, 1.165) is 19.3 Å². The van der Waals surface area contributed by atoms with Crippen molar-refractivity contribution in [2.75, 3.05) is 13.2 Å². The third kappa shape index (κ3) is 7.66. The summed E-state index contributed by atoms with van der Waals surface area (Å²) in [4.78, 5) is 12.2. The minimum atomic E-state index is -2.01. The summed E-state index contributed by atoms with van der Waals surface area (Å²) in [5.74, 6) is 0.0260. The van der Waals surface area contributed by atoms with Crippen LogP contribution < -0.4 is 5.32 Å². The fraction of sp³-hybridized carbons (Fsp3) is 0.750. The molecule has 0 aliphatic heterocycles. The van der Waals surface area contributed by atoms with Crippen LogP contribution in [0, 0.1) is 5.92 Å². The van der Waals surface area contributed by atoms with Crippen LogP contribution in [0.25, 0.3) is 0 Å². The summed E-state index contributed by atoms with van der Waals surface area (Å²) in [6, 6.07) is 6.91. The van der Waals surface area contributed by atoms with E-state index in [1.54, 1.807) is 0 Å². The van der Waals surface area contributed by atoms with Gasteiger partial charge in [0.05, 0.1) is 18.8 Å². The van der Waals surface area contributed by atoms with Crippen molar-refractivity contribution in [3.8, 4) is 0 Å². The number of rotatable bonds is 13. The van der Waals surface area contributed by atoms with Gasteiger partial charge in [0.2, 0.25) is 5.91 Å². The summed E-state index contributed by atoms with van der Waals surface area (Å²) in [6.45, 7) is 15.2. The van der Waals surface area contributed by atoms with Crippen LogP contribution in [0.3, 0.4) is 0 Å². The lowest BCUT2D eigenvalue weighted by atomic mass is 9.82. The zero-order chi connectivity index (χ0) is 24.7. The SMILES string of the molecule is CCCCCCCCc1ccc2c(c1)CC(C(CO)(CO[Si](C)(C)C(C)(C)C)NC(C)=O)C2. The zero-order valence-corrected chi connectivity index (χ0v) is 23.4. The van der Waals surface area contributed by atoms with Crippen LogP contribution in [0.15, 0.2) is 18.2 Å². The van der Waals surface area contributed by atoms with E-state index in [4.69, 9.17) is 4.43 Å². The third-order valence-electron chi connectivity index (χ3n) is 8.01. The number of unbranched alkanes of at least 4 members (excludes halogenated alkanes) is 5. The van der Waals surface area contributed by atoms with Crippen molar-refractivity contribution < 1.29 is 14.3 Å². The number of fused-ring (bicyclic) bond motifs is 1. The Labute approximate surface area is 204 Å². The van der Waals surface area contributed by atoms with Crippen LogP contribution in [0.1, 0.15) is 89.8 Å². The second-order valence-electron chi connectivity index (χ2n) is 11.8. The fourth-order valence-electron chi connectivity index (χ4n) is 4.67. The average molecular weight is 476 g/mol. The lowest BCUT2D eigenvalue weighted by Crippen LogP contribution is -2.61. The first-order valence-corrected chi connectivity index (χ1v) is 16.0. The maximum absolute atomic E-state index is 12.2. The van der Waals surface area contributed by atoms with Crippen molar-refractivity contribution in [1.29, 1.82) is 0 Å². The Morgan fingerprint density at radius 2 is 1.73 bits per heavy atom. The van der Waals surface area contributed by atoms with Gasteiger partial charge in [0.25, 0.3) is 0 Å². The predicted octanol–water partition coefficient (Wildman–Crippen LogP) is 6.19. The second-order valence-corrected chi connectivity index (χ2v) is 16.6. The van der Waals surface area contributed by atoms with E-state index >= 15 is 0 Å². The number of nitrogens with one attached hydrogen (secondary N) is 1. The molecule has 2 rings (SSSR count). The number of amides is 1. The van der Waals surface area contributed by atoms with Gasteiger partial charge in [0.15, 0.2) is 8.32 Å². The number of aliphatic hydroxyl groups is 1. The molecule has 4 nitrogen and oxygen atoms in total. The number of benzene rings is 1. The highest BCUT2D eigenvalue weighted by molar-refractivity contribution is 6.74. The van der Waals surface area contributed by atoms with Crippen LogP contribution >= 0.6 is 0 Å². The van der Waals surface area contributed by atoms with Crippen LogP contribution in [0.4, 0.5) is 0 Å². The van der Waals surface area contributed by atoms with Crippen LogP contribution in [0.2, 0.25) is 18.1 Å². The first-order chi connectivity index (χ1) is 15.4. The van der Waals surface area contributed by atoms with Gasteiger partial charge in [-0.25, -0.2) is 0 Å². The van der Waals surface area contributed by atoms with Gasteiger partial charge in [-0.15, -0.1) is 0 Å². The maximum atomic E-state index is 12.2. The summed E-state index contributed by atoms with van der Waals surface area (Å²) in [7, 11) is -2.01. The van der Waals surface area contributed by atoms with Crippen molar-refractivity contribution in [3.05, 3.63) is 34.9 Å². The lowest BCUT2D eigenvalue weighted by Gasteiger charge is -2.43. The van der Waals surface area contributed by atoms with Gasteiger partial charge in [-0.3, -0.25) is 4.79 Å². The molecule has 0 heterocycles. The van der Waals surface area contributed by atoms with Gasteiger partial charge >= 0.3 is 0 Å². The minimum Gasteiger partial charge on any atom is -0.414 e. The molecule has 1 aromatic carbocycles. The normalized spacial score (nSPS) is 18.1. The molecule has 2 unspecified atom stereocenters. The van der Waals surface area contributed by atoms with E-state index in [0.29, 0.717) is 6.61 Å². The Balaban J connectivity index is 2.09. The fourth-order valence-corrected chi connectivity index (χ4v) is 5.73. The Morgan fingerprint density at radius 3 is 2.33 bits per heavy atom. The lowest BCUT2D eigenvalue weighted by molar-refractivity contribution is -0.123. The summed E-state index contributed by atoms with van der Waals surface area (Å²) in [5.41, 5.74) is 3.39. The summed E-state index contributed by atoms with van der Waals surface area (Å²) in [6.07, 6.45) is 10.8. The van der Waals surface area contributed by atoms with Crippen molar-refractivity contribution in [2.45, 2.75) is 116 Å². The number of carbonyl (C=O) groups is 1. The highest BCUT2D eigenvalue weighted by Crippen LogP contribution is 2.39. The van der Waals surface area contributed by atoms with Gasteiger partial charge in [0.1, 0.15) is 0 Å². The second kappa shape index (κ2) is 12.0. The molecule has 188 valence electrons.